The summed E-state index contributed by atoms with van der Waals surface area (Å²) in [6, 6.07) is 10.2. The van der Waals surface area contributed by atoms with Crippen molar-refractivity contribution < 1.29 is 4.79 Å². The fourth-order valence-corrected chi connectivity index (χ4v) is 5.17. The minimum Gasteiger partial charge on any atom is -0.343 e. The number of thiazole rings is 1. The standard InChI is InChI=1S/C21H23N3OS2/c25-20(24-11-8-16(9-12-24)14-18-4-3-13-26-18)7-6-17-15-27-21(23-17)19-5-1-2-10-22-19/h1-5,10,13,15-16H,6-9,11-12,14H2. The van der Waals surface area contributed by atoms with E-state index in [-0.39, 0.29) is 5.91 Å². The maximum absolute atomic E-state index is 12.6. The first-order valence-electron chi connectivity index (χ1n) is 9.44. The van der Waals surface area contributed by atoms with E-state index in [1.54, 1.807) is 17.5 Å². The number of piperidine rings is 1. The molecule has 6 heteroatoms. The SMILES string of the molecule is O=C(CCc1csc(-c2ccccn2)n1)N1CCC(Cc2cccs2)CC1. The maximum atomic E-state index is 12.6. The number of amides is 1. The van der Waals surface area contributed by atoms with Crippen molar-refractivity contribution in [1.82, 2.24) is 14.9 Å². The zero-order chi connectivity index (χ0) is 18.5. The molecule has 0 unspecified atom stereocenters. The summed E-state index contributed by atoms with van der Waals surface area (Å²) in [6.07, 6.45) is 6.42. The molecule has 4 heterocycles. The normalized spacial score (nSPS) is 15.2. The molecule has 0 bridgehead atoms. The van der Waals surface area contributed by atoms with Crippen molar-refractivity contribution >= 4 is 28.6 Å². The van der Waals surface area contributed by atoms with E-state index in [9.17, 15) is 4.79 Å². The van der Waals surface area contributed by atoms with Gasteiger partial charge in [-0.25, -0.2) is 4.98 Å². The molecule has 1 fully saturated rings. The summed E-state index contributed by atoms with van der Waals surface area (Å²) in [6.45, 7) is 1.79. The molecule has 0 spiro atoms. The monoisotopic (exact) mass is 397 g/mol. The number of hydrogen-bond acceptors (Lipinski definition) is 5. The fraction of sp³-hybridized carbons (Fsp3) is 0.381. The van der Waals surface area contributed by atoms with Crippen molar-refractivity contribution in [2.24, 2.45) is 5.92 Å². The number of pyridine rings is 1. The molecule has 140 valence electrons. The molecular weight excluding hydrogens is 374 g/mol. The third kappa shape index (κ3) is 4.82. The Hall–Kier alpha value is -2.05. The van der Waals surface area contributed by atoms with Gasteiger partial charge in [0.1, 0.15) is 5.01 Å². The van der Waals surface area contributed by atoms with Gasteiger partial charge in [-0.2, -0.15) is 0 Å². The highest BCUT2D eigenvalue weighted by Gasteiger charge is 2.23. The molecule has 27 heavy (non-hydrogen) atoms. The van der Waals surface area contributed by atoms with Crippen LogP contribution in [0.2, 0.25) is 0 Å². The highest BCUT2D eigenvalue weighted by Crippen LogP contribution is 2.25. The third-order valence-electron chi connectivity index (χ3n) is 5.07. The van der Waals surface area contributed by atoms with Crippen LogP contribution in [0.15, 0.2) is 47.3 Å². The van der Waals surface area contributed by atoms with E-state index in [1.807, 2.05) is 39.8 Å². The number of hydrogen-bond donors (Lipinski definition) is 0. The van der Waals surface area contributed by atoms with Gasteiger partial charge in [0.15, 0.2) is 0 Å². The van der Waals surface area contributed by atoms with E-state index in [0.717, 1.165) is 48.7 Å². The molecule has 0 N–H and O–H groups in total. The maximum Gasteiger partial charge on any atom is 0.222 e. The predicted molar refractivity (Wildman–Crippen MR) is 111 cm³/mol. The fourth-order valence-electron chi connectivity index (χ4n) is 3.52. The van der Waals surface area contributed by atoms with Gasteiger partial charge in [-0.1, -0.05) is 12.1 Å². The average molecular weight is 398 g/mol. The highest BCUT2D eigenvalue weighted by molar-refractivity contribution is 7.13. The lowest BCUT2D eigenvalue weighted by molar-refractivity contribution is -0.132. The minimum absolute atomic E-state index is 0.261. The van der Waals surface area contributed by atoms with Crippen LogP contribution < -0.4 is 0 Å². The van der Waals surface area contributed by atoms with Crippen LogP contribution in [0.25, 0.3) is 10.7 Å². The molecule has 0 atom stereocenters. The van der Waals surface area contributed by atoms with Gasteiger partial charge in [0.2, 0.25) is 5.91 Å². The lowest BCUT2D eigenvalue weighted by Crippen LogP contribution is -2.39. The third-order valence-corrected chi connectivity index (χ3v) is 6.88. The molecule has 1 amide bonds. The van der Waals surface area contributed by atoms with Gasteiger partial charge in [0.05, 0.1) is 11.4 Å². The highest BCUT2D eigenvalue weighted by atomic mass is 32.1. The molecule has 1 aliphatic rings. The van der Waals surface area contributed by atoms with Crippen LogP contribution in [0.1, 0.15) is 29.8 Å². The van der Waals surface area contributed by atoms with Gasteiger partial charge >= 0.3 is 0 Å². The Kier molecular flexibility index (Phi) is 5.94. The summed E-state index contributed by atoms with van der Waals surface area (Å²) in [4.78, 5) is 25.0. The molecular formula is C21H23N3OS2. The number of carbonyl (C=O) groups excluding carboxylic acids is 1. The lowest BCUT2D eigenvalue weighted by atomic mass is 9.92. The Balaban J connectivity index is 1.24. The van der Waals surface area contributed by atoms with Crippen LogP contribution in [0.3, 0.4) is 0 Å². The van der Waals surface area contributed by atoms with Gasteiger partial charge in [-0.3, -0.25) is 9.78 Å². The topological polar surface area (TPSA) is 46.1 Å². The minimum atomic E-state index is 0.261. The molecule has 0 radical (unpaired) electrons. The van der Waals surface area contributed by atoms with Crippen LogP contribution in [0.5, 0.6) is 0 Å². The van der Waals surface area contributed by atoms with Crippen molar-refractivity contribution in [2.75, 3.05) is 13.1 Å². The lowest BCUT2D eigenvalue weighted by Gasteiger charge is -2.32. The number of aryl methyl sites for hydroxylation is 1. The summed E-state index contributed by atoms with van der Waals surface area (Å²) < 4.78 is 0. The van der Waals surface area contributed by atoms with Crippen LogP contribution in [-0.2, 0) is 17.6 Å². The van der Waals surface area contributed by atoms with Crippen LogP contribution in [0, 0.1) is 5.92 Å². The Morgan fingerprint density at radius 3 is 2.78 bits per heavy atom. The van der Waals surface area contributed by atoms with Gasteiger partial charge < -0.3 is 4.90 Å². The van der Waals surface area contributed by atoms with Crippen LogP contribution in [-0.4, -0.2) is 33.9 Å². The first-order valence-corrected chi connectivity index (χ1v) is 11.2. The second-order valence-electron chi connectivity index (χ2n) is 6.97. The van der Waals surface area contributed by atoms with Gasteiger partial charge in [0, 0.05) is 36.0 Å². The molecule has 1 aliphatic heterocycles. The van der Waals surface area contributed by atoms with Crippen molar-refractivity contribution in [1.29, 1.82) is 0 Å². The summed E-state index contributed by atoms with van der Waals surface area (Å²) in [7, 11) is 0. The van der Waals surface area contributed by atoms with Gasteiger partial charge in [-0.05, 0) is 55.2 Å². The van der Waals surface area contributed by atoms with Crippen molar-refractivity contribution in [3.63, 3.8) is 0 Å². The molecule has 1 saturated heterocycles. The zero-order valence-corrected chi connectivity index (χ0v) is 16.8. The second-order valence-corrected chi connectivity index (χ2v) is 8.86. The Bertz CT molecular complexity index is 853. The number of nitrogens with zero attached hydrogens (tertiary/aromatic N) is 3. The van der Waals surface area contributed by atoms with Crippen LogP contribution >= 0.6 is 22.7 Å². The molecule has 0 saturated carbocycles. The van der Waals surface area contributed by atoms with E-state index < -0.39 is 0 Å². The van der Waals surface area contributed by atoms with Gasteiger partial charge in [0.25, 0.3) is 0 Å². The number of rotatable bonds is 6. The van der Waals surface area contributed by atoms with Crippen molar-refractivity contribution in [3.05, 3.63) is 57.9 Å². The average Bonchev–Trinajstić information content (AvgIpc) is 3.39. The smallest absolute Gasteiger partial charge is 0.222 e. The number of thiophene rings is 1. The number of likely N-dealkylation sites (tertiary alicyclic amines) is 1. The number of carbonyl (C=O) groups is 1. The van der Waals surface area contributed by atoms with E-state index in [4.69, 9.17) is 0 Å². The Labute approximate surface area is 167 Å². The molecule has 0 aromatic carbocycles. The first kappa shape index (κ1) is 18.3. The van der Waals surface area contributed by atoms with Crippen molar-refractivity contribution in [2.45, 2.75) is 32.1 Å². The second kappa shape index (κ2) is 8.76. The van der Waals surface area contributed by atoms with Gasteiger partial charge in [-0.15, -0.1) is 22.7 Å². The molecule has 4 nitrogen and oxygen atoms in total. The molecule has 3 aromatic rings. The molecule has 4 rings (SSSR count). The summed E-state index contributed by atoms with van der Waals surface area (Å²) >= 11 is 3.43. The summed E-state index contributed by atoms with van der Waals surface area (Å²) in [5.41, 5.74) is 1.88. The quantitative estimate of drug-likeness (QED) is 0.607. The molecule has 3 aromatic heterocycles. The van der Waals surface area contributed by atoms with E-state index in [0.29, 0.717) is 18.8 Å². The van der Waals surface area contributed by atoms with E-state index in [1.165, 1.54) is 4.88 Å². The summed E-state index contributed by atoms with van der Waals surface area (Å²) in [5, 5.41) is 5.11. The zero-order valence-electron chi connectivity index (χ0n) is 15.2. The number of aromatic nitrogens is 2. The van der Waals surface area contributed by atoms with Crippen molar-refractivity contribution in [3.8, 4) is 10.7 Å². The largest absolute Gasteiger partial charge is 0.343 e. The Morgan fingerprint density at radius 2 is 2.04 bits per heavy atom. The first-order chi connectivity index (χ1) is 13.3. The van der Waals surface area contributed by atoms with Crippen LogP contribution in [0.4, 0.5) is 0 Å². The Morgan fingerprint density at radius 1 is 1.15 bits per heavy atom. The summed E-state index contributed by atoms with van der Waals surface area (Å²) in [5.74, 6) is 0.976. The predicted octanol–water partition coefficient (Wildman–Crippen LogP) is 4.68. The van der Waals surface area contributed by atoms with E-state index in [2.05, 4.69) is 27.5 Å². The molecule has 0 aliphatic carbocycles. The van der Waals surface area contributed by atoms with E-state index >= 15 is 0 Å².